The fourth-order valence-corrected chi connectivity index (χ4v) is 3.72. The second-order valence-corrected chi connectivity index (χ2v) is 6.67. The molecule has 1 spiro atoms. The second-order valence-electron chi connectivity index (χ2n) is 6.67. The number of nitrogens with zero attached hydrogens (tertiary/aromatic N) is 1. The molecule has 3 heteroatoms. The van der Waals surface area contributed by atoms with Crippen LogP contribution in [0.1, 0.15) is 24.8 Å². The van der Waals surface area contributed by atoms with Crippen LogP contribution in [-0.4, -0.2) is 51.0 Å². The van der Waals surface area contributed by atoms with Crippen molar-refractivity contribution < 1.29 is 9.47 Å². The van der Waals surface area contributed by atoms with Crippen molar-refractivity contribution in [1.82, 2.24) is 4.90 Å². The molecule has 2 saturated heterocycles. The molecule has 2 aliphatic heterocycles. The minimum Gasteiger partial charge on any atom is -0.382 e. The Hall–Kier alpha value is -0.900. The molecule has 0 aliphatic carbocycles. The number of rotatable bonds is 5. The highest BCUT2D eigenvalue weighted by molar-refractivity contribution is 5.14. The molecule has 0 radical (unpaired) electrons. The van der Waals surface area contributed by atoms with Gasteiger partial charge in [0.15, 0.2) is 0 Å². The Morgan fingerprint density at radius 2 is 2.00 bits per heavy atom. The predicted octanol–water partition coefficient (Wildman–Crippen LogP) is 2.75. The Balaban J connectivity index is 1.43. The van der Waals surface area contributed by atoms with Gasteiger partial charge in [0.25, 0.3) is 0 Å². The Morgan fingerprint density at radius 1 is 1.24 bits per heavy atom. The van der Waals surface area contributed by atoms with E-state index < -0.39 is 0 Å². The van der Waals surface area contributed by atoms with E-state index in [4.69, 9.17) is 9.47 Å². The normalized spacial score (nSPS) is 25.5. The van der Waals surface area contributed by atoms with E-state index in [1.807, 2.05) is 0 Å². The standard InChI is InChI=1S/C18H27NO2/c1-20-14-17-13-18(15-21-17)8-11-19(12-9-18)10-7-16-5-3-2-4-6-16/h2-6,17H,7-15H2,1H3/t17-/m0/s1. The lowest BCUT2D eigenvalue weighted by Crippen LogP contribution is -2.41. The number of hydrogen-bond donors (Lipinski definition) is 0. The zero-order chi connectivity index (χ0) is 14.5. The lowest BCUT2D eigenvalue weighted by Gasteiger charge is -2.38. The van der Waals surface area contributed by atoms with Crippen molar-refractivity contribution in [2.45, 2.75) is 31.8 Å². The zero-order valence-corrected chi connectivity index (χ0v) is 13.1. The van der Waals surface area contributed by atoms with Crippen molar-refractivity contribution in [2.75, 3.05) is 40.0 Å². The first-order valence-corrected chi connectivity index (χ1v) is 8.16. The molecule has 0 N–H and O–H groups in total. The van der Waals surface area contributed by atoms with E-state index in [1.54, 1.807) is 7.11 Å². The number of benzene rings is 1. The topological polar surface area (TPSA) is 21.7 Å². The molecule has 3 nitrogen and oxygen atoms in total. The lowest BCUT2D eigenvalue weighted by molar-refractivity contribution is 0.0288. The summed E-state index contributed by atoms with van der Waals surface area (Å²) >= 11 is 0. The quantitative estimate of drug-likeness (QED) is 0.832. The first-order chi connectivity index (χ1) is 10.3. The van der Waals surface area contributed by atoms with E-state index in [-0.39, 0.29) is 0 Å². The molecular formula is C18H27NO2. The minimum absolute atomic E-state index is 0.325. The van der Waals surface area contributed by atoms with Gasteiger partial charge in [0.05, 0.1) is 19.3 Å². The van der Waals surface area contributed by atoms with Crippen molar-refractivity contribution in [3.63, 3.8) is 0 Å². The third-order valence-electron chi connectivity index (χ3n) is 5.11. The lowest BCUT2D eigenvalue weighted by atomic mass is 9.76. The number of hydrogen-bond acceptors (Lipinski definition) is 3. The average molecular weight is 289 g/mol. The summed E-state index contributed by atoms with van der Waals surface area (Å²) in [6.45, 7) is 5.31. The highest BCUT2D eigenvalue weighted by Crippen LogP contribution is 2.41. The highest BCUT2D eigenvalue weighted by atomic mass is 16.5. The van der Waals surface area contributed by atoms with Gasteiger partial charge in [-0.15, -0.1) is 0 Å². The third-order valence-corrected chi connectivity index (χ3v) is 5.11. The van der Waals surface area contributed by atoms with Crippen LogP contribution in [0.5, 0.6) is 0 Å². The number of piperidine rings is 1. The van der Waals surface area contributed by atoms with Gasteiger partial charge in [0.2, 0.25) is 0 Å². The predicted molar refractivity (Wildman–Crippen MR) is 84.5 cm³/mol. The molecule has 2 aliphatic rings. The molecule has 0 unspecified atom stereocenters. The highest BCUT2D eigenvalue weighted by Gasteiger charge is 2.42. The molecule has 2 fully saturated rings. The number of ether oxygens (including phenoxy) is 2. The largest absolute Gasteiger partial charge is 0.382 e. The third kappa shape index (κ3) is 3.85. The van der Waals surface area contributed by atoms with Gasteiger partial charge in [-0.1, -0.05) is 30.3 Å². The van der Waals surface area contributed by atoms with Gasteiger partial charge in [0.1, 0.15) is 0 Å². The molecule has 116 valence electrons. The maximum absolute atomic E-state index is 5.91. The molecule has 0 aromatic heterocycles. The summed E-state index contributed by atoms with van der Waals surface area (Å²) in [5.74, 6) is 0. The summed E-state index contributed by atoms with van der Waals surface area (Å²) in [5.41, 5.74) is 1.88. The summed E-state index contributed by atoms with van der Waals surface area (Å²) < 4.78 is 11.1. The van der Waals surface area contributed by atoms with E-state index in [9.17, 15) is 0 Å². The van der Waals surface area contributed by atoms with Crippen LogP contribution in [-0.2, 0) is 15.9 Å². The SMILES string of the molecule is COC[C@@H]1CC2(CCN(CCc3ccccc3)CC2)CO1. The monoisotopic (exact) mass is 289 g/mol. The summed E-state index contributed by atoms with van der Waals surface area (Å²) in [4.78, 5) is 2.61. The Kier molecular flexibility index (Phi) is 4.94. The van der Waals surface area contributed by atoms with Gasteiger partial charge in [-0.25, -0.2) is 0 Å². The summed E-state index contributed by atoms with van der Waals surface area (Å²) in [5, 5.41) is 0. The van der Waals surface area contributed by atoms with Gasteiger partial charge in [-0.3, -0.25) is 0 Å². The molecule has 0 bridgehead atoms. The Labute approximate surface area is 128 Å². The van der Waals surface area contributed by atoms with Crippen LogP contribution >= 0.6 is 0 Å². The summed E-state index contributed by atoms with van der Waals surface area (Å²) in [6, 6.07) is 10.8. The molecule has 21 heavy (non-hydrogen) atoms. The Bertz CT molecular complexity index is 426. The smallest absolute Gasteiger partial charge is 0.0814 e. The van der Waals surface area contributed by atoms with E-state index in [2.05, 4.69) is 35.2 Å². The second kappa shape index (κ2) is 6.91. The van der Waals surface area contributed by atoms with Crippen molar-refractivity contribution in [1.29, 1.82) is 0 Å². The van der Waals surface area contributed by atoms with Crippen molar-refractivity contribution in [3.05, 3.63) is 35.9 Å². The molecule has 3 rings (SSSR count). The van der Waals surface area contributed by atoms with E-state index in [1.165, 1.54) is 44.5 Å². The maximum atomic E-state index is 5.91. The molecule has 2 heterocycles. The van der Waals surface area contributed by atoms with E-state index >= 15 is 0 Å². The molecule has 0 amide bonds. The molecule has 1 aromatic rings. The van der Waals surface area contributed by atoms with Crippen molar-refractivity contribution >= 4 is 0 Å². The van der Waals surface area contributed by atoms with Crippen LogP contribution < -0.4 is 0 Å². The van der Waals surface area contributed by atoms with Gasteiger partial charge >= 0.3 is 0 Å². The minimum atomic E-state index is 0.325. The zero-order valence-electron chi connectivity index (χ0n) is 13.1. The van der Waals surface area contributed by atoms with Gasteiger partial charge in [-0.2, -0.15) is 0 Å². The molecule has 0 saturated carbocycles. The van der Waals surface area contributed by atoms with Crippen LogP contribution in [0.4, 0.5) is 0 Å². The fourth-order valence-electron chi connectivity index (χ4n) is 3.72. The number of likely N-dealkylation sites (tertiary alicyclic amines) is 1. The van der Waals surface area contributed by atoms with Crippen LogP contribution in [0.2, 0.25) is 0 Å². The Morgan fingerprint density at radius 3 is 2.71 bits per heavy atom. The average Bonchev–Trinajstić information content (AvgIpc) is 2.91. The van der Waals surface area contributed by atoms with Crippen LogP contribution in [0.3, 0.4) is 0 Å². The summed E-state index contributed by atoms with van der Waals surface area (Å²) in [6.07, 6.45) is 5.24. The molecule has 1 atom stereocenters. The number of methoxy groups -OCH3 is 1. The van der Waals surface area contributed by atoms with Crippen LogP contribution in [0.25, 0.3) is 0 Å². The fraction of sp³-hybridized carbons (Fsp3) is 0.667. The van der Waals surface area contributed by atoms with Crippen LogP contribution in [0, 0.1) is 5.41 Å². The summed E-state index contributed by atoms with van der Waals surface area (Å²) in [7, 11) is 1.76. The molecular weight excluding hydrogens is 262 g/mol. The first-order valence-electron chi connectivity index (χ1n) is 8.16. The van der Waals surface area contributed by atoms with Crippen molar-refractivity contribution in [2.24, 2.45) is 5.41 Å². The van der Waals surface area contributed by atoms with Crippen molar-refractivity contribution in [3.8, 4) is 0 Å². The van der Waals surface area contributed by atoms with Gasteiger partial charge < -0.3 is 14.4 Å². The molecule has 1 aromatic carbocycles. The van der Waals surface area contributed by atoms with E-state index in [0.29, 0.717) is 11.5 Å². The first kappa shape index (κ1) is 15.0. The van der Waals surface area contributed by atoms with Crippen LogP contribution in [0.15, 0.2) is 30.3 Å². The maximum Gasteiger partial charge on any atom is 0.0814 e. The van der Waals surface area contributed by atoms with Gasteiger partial charge in [-0.05, 0) is 49.8 Å². The van der Waals surface area contributed by atoms with Gasteiger partial charge in [0, 0.05) is 13.7 Å². The van der Waals surface area contributed by atoms with E-state index in [0.717, 1.165) is 19.6 Å².